The van der Waals surface area contributed by atoms with Gasteiger partial charge in [-0.2, -0.15) is 0 Å². The highest BCUT2D eigenvalue weighted by Gasteiger charge is 2.11. The summed E-state index contributed by atoms with van der Waals surface area (Å²) >= 11 is 3.38. The lowest BCUT2D eigenvalue weighted by Gasteiger charge is -2.00. The third-order valence-electron chi connectivity index (χ3n) is 2.82. The molecule has 0 bridgehead atoms. The molecule has 0 fully saturated rings. The van der Waals surface area contributed by atoms with E-state index in [0.717, 1.165) is 34.4 Å². The van der Waals surface area contributed by atoms with Gasteiger partial charge >= 0.3 is 0 Å². The lowest BCUT2D eigenvalue weighted by molar-refractivity contribution is 0.181. The van der Waals surface area contributed by atoms with Gasteiger partial charge in [0.25, 0.3) is 0 Å². The number of thiazole rings is 1. The molecule has 0 aliphatic rings. The number of nitrogens with zero attached hydrogens (tertiary/aromatic N) is 1. The van der Waals surface area contributed by atoms with E-state index >= 15 is 0 Å². The Labute approximate surface area is 132 Å². The van der Waals surface area contributed by atoms with Gasteiger partial charge in [0.1, 0.15) is 10.8 Å². The summed E-state index contributed by atoms with van der Waals surface area (Å²) in [5, 5.41) is 4.40. The van der Waals surface area contributed by atoms with Gasteiger partial charge in [-0.05, 0) is 30.8 Å². The average Bonchev–Trinajstić information content (AvgIpc) is 2.87. The predicted molar refractivity (Wildman–Crippen MR) is 86.2 cm³/mol. The largest absolute Gasteiger partial charge is 0.378 e. The van der Waals surface area contributed by atoms with E-state index in [0.29, 0.717) is 6.61 Å². The van der Waals surface area contributed by atoms with Gasteiger partial charge in [-0.3, -0.25) is 0 Å². The van der Waals surface area contributed by atoms with Crippen molar-refractivity contribution < 1.29 is 9.13 Å². The number of hydrogen-bond acceptors (Lipinski definition) is 5. The molecule has 0 radical (unpaired) electrons. The van der Waals surface area contributed by atoms with Crippen LogP contribution in [0.15, 0.2) is 29.2 Å². The van der Waals surface area contributed by atoms with Crippen molar-refractivity contribution >= 4 is 23.1 Å². The lowest BCUT2D eigenvalue weighted by Crippen LogP contribution is -2.12. The number of benzene rings is 1. The molecule has 0 aliphatic heterocycles. The van der Waals surface area contributed by atoms with Gasteiger partial charge in [0.15, 0.2) is 0 Å². The van der Waals surface area contributed by atoms with Crippen molar-refractivity contribution in [2.75, 3.05) is 13.7 Å². The summed E-state index contributed by atoms with van der Waals surface area (Å²) in [5.41, 5.74) is 1.01. The Morgan fingerprint density at radius 1 is 1.33 bits per heavy atom. The van der Waals surface area contributed by atoms with E-state index in [1.54, 1.807) is 42.3 Å². The van der Waals surface area contributed by atoms with E-state index in [2.05, 4.69) is 17.2 Å². The van der Waals surface area contributed by atoms with E-state index in [-0.39, 0.29) is 5.82 Å². The minimum Gasteiger partial charge on any atom is -0.378 e. The zero-order valence-corrected chi connectivity index (χ0v) is 13.8. The molecule has 0 saturated heterocycles. The van der Waals surface area contributed by atoms with Crippen LogP contribution in [0.3, 0.4) is 0 Å². The standard InChI is InChI=1S/C15H19FN2OS2/c1-3-17-8-14-13(9-19-2)18-15(21-14)10-20-12-6-4-11(16)5-7-12/h4-7,17H,3,8-10H2,1-2H3. The first-order valence-electron chi connectivity index (χ1n) is 6.78. The highest BCUT2D eigenvalue weighted by Crippen LogP contribution is 2.27. The van der Waals surface area contributed by atoms with Gasteiger partial charge < -0.3 is 10.1 Å². The molecule has 1 aromatic heterocycles. The average molecular weight is 326 g/mol. The molecular formula is C15H19FN2OS2. The second kappa shape index (κ2) is 8.48. The number of halogens is 1. The predicted octanol–water partition coefficient (Wildman–Crippen LogP) is 3.83. The second-order valence-corrected chi connectivity index (χ2v) is 6.65. The molecule has 1 aromatic carbocycles. The Bertz CT molecular complexity index is 557. The van der Waals surface area contributed by atoms with Crippen LogP contribution in [0.5, 0.6) is 0 Å². The molecule has 0 unspecified atom stereocenters. The molecular weight excluding hydrogens is 307 g/mol. The van der Waals surface area contributed by atoms with Crippen LogP contribution in [0.4, 0.5) is 4.39 Å². The molecule has 0 saturated carbocycles. The molecule has 2 aromatic rings. The number of hydrogen-bond donors (Lipinski definition) is 1. The summed E-state index contributed by atoms with van der Waals surface area (Å²) in [6.07, 6.45) is 0. The van der Waals surface area contributed by atoms with E-state index < -0.39 is 0 Å². The van der Waals surface area contributed by atoms with Crippen LogP contribution in [-0.4, -0.2) is 18.6 Å². The first-order chi connectivity index (χ1) is 10.2. The normalized spacial score (nSPS) is 11.0. The molecule has 6 heteroatoms. The molecule has 2 rings (SSSR count). The quantitative estimate of drug-likeness (QED) is 0.748. The van der Waals surface area contributed by atoms with E-state index in [4.69, 9.17) is 4.74 Å². The molecule has 0 amide bonds. The van der Waals surface area contributed by atoms with Crippen molar-refractivity contribution in [3.05, 3.63) is 45.7 Å². The molecule has 0 aliphatic carbocycles. The Kier molecular flexibility index (Phi) is 6.63. The number of thioether (sulfide) groups is 1. The number of rotatable bonds is 8. The SMILES string of the molecule is CCNCc1sc(CSc2ccc(F)cc2)nc1COC. The van der Waals surface area contributed by atoms with Gasteiger partial charge in [-0.15, -0.1) is 23.1 Å². The van der Waals surface area contributed by atoms with E-state index in [9.17, 15) is 4.39 Å². The number of ether oxygens (including phenoxy) is 1. The van der Waals surface area contributed by atoms with Crippen molar-refractivity contribution in [2.45, 2.75) is 30.7 Å². The topological polar surface area (TPSA) is 34.2 Å². The van der Waals surface area contributed by atoms with Gasteiger partial charge in [0, 0.05) is 23.4 Å². The molecule has 0 atom stereocenters. The van der Waals surface area contributed by atoms with Crippen molar-refractivity contribution in [1.29, 1.82) is 0 Å². The molecule has 21 heavy (non-hydrogen) atoms. The van der Waals surface area contributed by atoms with Gasteiger partial charge in [-0.1, -0.05) is 6.92 Å². The Morgan fingerprint density at radius 3 is 2.76 bits per heavy atom. The molecule has 114 valence electrons. The molecule has 1 N–H and O–H groups in total. The van der Waals surface area contributed by atoms with Crippen molar-refractivity contribution in [2.24, 2.45) is 0 Å². The fourth-order valence-corrected chi connectivity index (χ4v) is 3.73. The second-order valence-electron chi connectivity index (χ2n) is 4.43. The summed E-state index contributed by atoms with van der Waals surface area (Å²) in [6.45, 7) is 4.39. The maximum atomic E-state index is 12.9. The van der Waals surface area contributed by atoms with Crippen LogP contribution in [-0.2, 0) is 23.6 Å². The van der Waals surface area contributed by atoms with Gasteiger partial charge in [0.05, 0.1) is 18.1 Å². The van der Waals surface area contributed by atoms with E-state index in [1.165, 1.54) is 17.0 Å². The molecule has 3 nitrogen and oxygen atoms in total. The van der Waals surface area contributed by atoms with Crippen LogP contribution in [0.25, 0.3) is 0 Å². The minimum atomic E-state index is -0.205. The number of methoxy groups -OCH3 is 1. The maximum absolute atomic E-state index is 12.9. The molecule has 0 spiro atoms. The maximum Gasteiger partial charge on any atom is 0.123 e. The number of aromatic nitrogens is 1. The van der Waals surface area contributed by atoms with Crippen LogP contribution < -0.4 is 5.32 Å². The summed E-state index contributed by atoms with van der Waals surface area (Å²) in [5.74, 6) is 0.586. The third-order valence-corrected chi connectivity index (χ3v) is 5.12. The Hall–Kier alpha value is -0.950. The monoisotopic (exact) mass is 326 g/mol. The van der Waals surface area contributed by atoms with Crippen molar-refractivity contribution in [3.8, 4) is 0 Å². The van der Waals surface area contributed by atoms with Crippen LogP contribution in [0, 0.1) is 5.82 Å². The van der Waals surface area contributed by atoms with Crippen LogP contribution in [0.1, 0.15) is 22.5 Å². The first kappa shape index (κ1) is 16.4. The summed E-state index contributed by atoms with van der Waals surface area (Å²) in [6, 6.07) is 6.56. The van der Waals surface area contributed by atoms with Crippen molar-refractivity contribution in [3.63, 3.8) is 0 Å². The zero-order chi connectivity index (χ0) is 15.1. The first-order valence-corrected chi connectivity index (χ1v) is 8.58. The highest BCUT2D eigenvalue weighted by molar-refractivity contribution is 7.98. The zero-order valence-electron chi connectivity index (χ0n) is 12.2. The van der Waals surface area contributed by atoms with E-state index in [1.807, 2.05) is 0 Å². The van der Waals surface area contributed by atoms with Gasteiger partial charge in [0.2, 0.25) is 0 Å². The molecule has 1 heterocycles. The lowest BCUT2D eigenvalue weighted by atomic mass is 10.3. The Balaban J connectivity index is 2.00. The van der Waals surface area contributed by atoms with Gasteiger partial charge in [-0.25, -0.2) is 9.37 Å². The third kappa shape index (κ3) is 5.07. The minimum absolute atomic E-state index is 0.205. The summed E-state index contributed by atoms with van der Waals surface area (Å²) < 4.78 is 18.1. The van der Waals surface area contributed by atoms with Crippen LogP contribution >= 0.6 is 23.1 Å². The smallest absolute Gasteiger partial charge is 0.123 e. The summed E-state index contributed by atoms with van der Waals surface area (Å²) in [4.78, 5) is 6.92. The number of nitrogens with one attached hydrogen (secondary N) is 1. The fraction of sp³-hybridized carbons (Fsp3) is 0.400. The van der Waals surface area contributed by atoms with Crippen molar-refractivity contribution in [1.82, 2.24) is 10.3 Å². The highest BCUT2D eigenvalue weighted by atomic mass is 32.2. The Morgan fingerprint density at radius 2 is 2.10 bits per heavy atom. The van der Waals surface area contributed by atoms with Crippen LogP contribution in [0.2, 0.25) is 0 Å². The fourth-order valence-electron chi connectivity index (χ4n) is 1.80. The summed E-state index contributed by atoms with van der Waals surface area (Å²) in [7, 11) is 1.68.